The van der Waals surface area contributed by atoms with Crippen LogP contribution >= 0.6 is 0 Å². The average molecular weight is 242 g/mol. The maximum Gasteiger partial charge on any atom is 0.125 e. The second kappa shape index (κ2) is 4.46. The fraction of sp³-hybridized carbons (Fsp3) is 0.357. The Morgan fingerprint density at radius 1 is 1.28 bits per heavy atom. The van der Waals surface area contributed by atoms with Crippen molar-refractivity contribution in [2.24, 2.45) is 7.05 Å². The SMILES string of the molecule is Cn1ncc(CN2CCc3ccccc3C2)c1N. The molecule has 2 heterocycles. The van der Waals surface area contributed by atoms with Crippen LogP contribution in [0.3, 0.4) is 0 Å². The quantitative estimate of drug-likeness (QED) is 0.869. The molecule has 0 saturated carbocycles. The number of fused-ring (bicyclic) bond motifs is 1. The van der Waals surface area contributed by atoms with Crippen molar-refractivity contribution in [3.63, 3.8) is 0 Å². The molecule has 0 radical (unpaired) electrons. The zero-order valence-electron chi connectivity index (χ0n) is 10.6. The highest BCUT2D eigenvalue weighted by Gasteiger charge is 2.17. The third-order valence-corrected chi connectivity index (χ3v) is 3.67. The Morgan fingerprint density at radius 2 is 2.06 bits per heavy atom. The maximum absolute atomic E-state index is 5.99. The summed E-state index contributed by atoms with van der Waals surface area (Å²) in [6.07, 6.45) is 2.99. The highest BCUT2D eigenvalue weighted by molar-refractivity contribution is 5.38. The number of hydrogen-bond acceptors (Lipinski definition) is 3. The van der Waals surface area contributed by atoms with E-state index in [0.29, 0.717) is 0 Å². The van der Waals surface area contributed by atoms with Crippen LogP contribution in [-0.4, -0.2) is 21.2 Å². The van der Waals surface area contributed by atoms with Crippen molar-refractivity contribution < 1.29 is 0 Å². The topological polar surface area (TPSA) is 47.1 Å². The van der Waals surface area contributed by atoms with Gasteiger partial charge in [-0.25, -0.2) is 0 Å². The first-order valence-electron chi connectivity index (χ1n) is 6.29. The van der Waals surface area contributed by atoms with E-state index in [1.807, 2.05) is 13.2 Å². The van der Waals surface area contributed by atoms with Gasteiger partial charge in [-0.1, -0.05) is 24.3 Å². The molecule has 1 aromatic heterocycles. The Hall–Kier alpha value is -1.81. The van der Waals surface area contributed by atoms with E-state index in [1.54, 1.807) is 4.68 Å². The summed E-state index contributed by atoms with van der Waals surface area (Å²) in [7, 11) is 1.88. The first-order valence-corrected chi connectivity index (χ1v) is 6.29. The van der Waals surface area contributed by atoms with Gasteiger partial charge in [-0.05, 0) is 17.5 Å². The lowest BCUT2D eigenvalue weighted by Gasteiger charge is -2.28. The van der Waals surface area contributed by atoms with Crippen molar-refractivity contribution in [3.05, 3.63) is 47.2 Å². The van der Waals surface area contributed by atoms with E-state index in [0.717, 1.165) is 37.4 Å². The second-order valence-electron chi connectivity index (χ2n) is 4.91. The lowest BCUT2D eigenvalue weighted by atomic mass is 10.00. The molecule has 0 amide bonds. The van der Waals surface area contributed by atoms with Crippen molar-refractivity contribution in [2.45, 2.75) is 19.5 Å². The van der Waals surface area contributed by atoms with Gasteiger partial charge in [-0.3, -0.25) is 9.58 Å². The molecular formula is C14H18N4. The van der Waals surface area contributed by atoms with Gasteiger partial charge in [0.25, 0.3) is 0 Å². The number of rotatable bonds is 2. The van der Waals surface area contributed by atoms with Gasteiger partial charge in [-0.2, -0.15) is 5.10 Å². The first kappa shape index (κ1) is 11.3. The number of benzene rings is 1. The molecular weight excluding hydrogens is 224 g/mol. The number of aryl methyl sites for hydroxylation is 1. The summed E-state index contributed by atoms with van der Waals surface area (Å²) in [5, 5.41) is 4.19. The Morgan fingerprint density at radius 3 is 2.78 bits per heavy atom. The van der Waals surface area contributed by atoms with Crippen LogP contribution < -0.4 is 5.73 Å². The predicted octanol–water partition coefficient (Wildman–Crippen LogP) is 1.56. The summed E-state index contributed by atoms with van der Waals surface area (Å²) < 4.78 is 1.73. The summed E-state index contributed by atoms with van der Waals surface area (Å²) in [5.74, 6) is 0.772. The van der Waals surface area contributed by atoms with E-state index in [-0.39, 0.29) is 0 Å². The summed E-state index contributed by atoms with van der Waals surface area (Å²) >= 11 is 0. The second-order valence-corrected chi connectivity index (χ2v) is 4.91. The molecule has 2 N–H and O–H groups in total. The molecule has 0 saturated heterocycles. The van der Waals surface area contributed by atoms with Crippen molar-refractivity contribution in [3.8, 4) is 0 Å². The molecule has 0 atom stereocenters. The molecule has 0 fully saturated rings. The van der Waals surface area contributed by atoms with Crippen molar-refractivity contribution in [2.75, 3.05) is 12.3 Å². The number of nitrogens with two attached hydrogens (primary N) is 1. The minimum Gasteiger partial charge on any atom is -0.384 e. The largest absolute Gasteiger partial charge is 0.384 e. The number of anilines is 1. The molecule has 4 heteroatoms. The van der Waals surface area contributed by atoms with Gasteiger partial charge in [-0.15, -0.1) is 0 Å². The summed E-state index contributed by atoms with van der Waals surface area (Å²) in [4.78, 5) is 2.43. The maximum atomic E-state index is 5.99. The van der Waals surface area contributed by atoms with Gasteiger partial charge in [0.05, 0.1) is 6.20 Å². The summed E-state index contributed by atoms with van der Waals surface area (Å²) in [5.41, 5.74) is 10.0. The Labute approximate surface area is 107 Å². The van der Waals surface area contributed by atoms with Gasteiger partial charge in [0, 0.05) is 32.2 Å². The monoisotopic (exact) mass is 242 g/mol. The van der Waals surface area contributed by atoms with Crippen LogP contribution in [0.4, 0.5) is 5.82 Å². The van der Waals surface area contributed by atoms with E-state index >= 15 is 0 Å². The molecule has 1 aliphatic rings. The summed E-state index contributed by atoms with van der Waals surface area (Å²) in [6, 6.07) is 8.67. The Kier molecular flexibility index (Phi) is 2.80. The molecule has 1 aromatic carbocycles. The van der Waals surface area contributed by atoms with E-state index in [9.17, 15) is 0 Å². The highest BCUT2D eigenvalue weighted by atomic mass is 15.3. The molecule has 94 valence electrons. The lowest BCUT2D eigenvalue weighted by Crippen LogP contribution is -2.30. The minimum atomic E-state index is 0.772. The van der Waals surface area contributed by atoms with Crippen LogP contribution in [-0.2, 0) is 26.6 Å². The van der Waals surface area contributed by atoms with Crippen molar-refractivity contribution in [1.29, 1.82) is 0 Å². The van der Waals surface area contributed by atoms with Crippen molar-refractivity contribution in [1.82, 2.24) is 14.7 Å². The molecule has 0 aliphatic carbocycles. The van der Waals surface area contributed by atoms with Crippen LogP contribution in [0.2, 0.25) is 0 Å². The highest BCUT2D eigenvalue weighted by Crippen LogP contribution is 2.21. The van der Waals surface area contributed by atoms with Crippen LogP contribution in [0.25, 0.3) is 0 Å². The zero-order valence-corrected chi connectivity index (χ0v) is 10.6. The predicted molar refractivity (Wildman–Crippen MR) is 71.9 cm³/mol. The van der Waals surface area contributed by atoms with Crippen LogP contribution in [0.1, 0.15) is 16.7 Å². The van der Waals surface area contributed by atoms with E-state index < -0.39 is 0 Å². The van der Waals surface area contributed by atoms with Crippen LogP contribution in [0, 0.1) is 0 Å². The first-order chi connectivity index (χ1) is 8.74. The van der Waals surface area contributed by atoms with E-state index in [2.05, 4.69) is 34.3 Å². The van der Waals surface area contributed by atoms with Gasteiger partial charge in [0.2, 0.25) is 0 Å². The molecule has 4 nitrogen and oxygen atoms in total. The van der Waals surface area contributed by atoms with E-state index in [4.69, 9.17) is 5.73 Å². The Balaban J connectivity index is 1.75. The number of nitrogens with zero attached hydrogens (tertiary/aromatic N) is 3. The van der Waals surface area contributed by atoms with Gasteiger partial charge < -0.3 is 5.73 Å². The molecule has 1 aliphatic heterocycles. The molecule has 2 aromatic rings. The average Bonchev–Trinajstić information content (AvgIpc) is 2.71. The van der Waals surface area contributed by atoms with Crippen LogP contribution in [0.5, 0.6) is 0 Å². The van der Waals surface area contributed by atoms with Crippen LogP contribution in [0.15, 0.2) is 30.5 Å². The fourth-order valence-electron chi connectivity index (χ4n) is 2.54. The fourth-order valence-corrected chi connectivity index (χ4v) is 2.54. The van der Waals surface area contributed by atoms with Gasteiger partial charge >= 0.3 is 0 Å². The Bertz CT molecular complexity index is 559. The standard InChI is InChI=1S/C14H18N4/c1-17-14(15)13(8-16-17)10-18-7-6-11-4-2-3-5-12(11)9-18/h2-5,8H,6-7,9-10,15H2,1H3. The zero-order chi connectivity index (χ0) is 12.5. The minimum absolute atomic E-state index is 0.772. The molecule has 3 rings (SSSR count). The molecule has 0 spiro atoms. The third kappa shape index (κ3) is 1.99. The van der Waals surface area contributed by atoms with Gasteiger partial charge in [0.15, 0.2) is 0 Å². The number of nitrogen functional groups attached to an aromatic ring is 1. The van der Waals surface area contributed by atoms with Crippen molar-refractivity contribution >= 4 is 5.82 Å². The molecule has 18 heavy (non-hydrogen) atoms. The van der Waals surface area contributed by atoms with E-state index in [1.165, 1.54) is 11.1 Å². The smallest absolute Gasteiger partial charge is 0.125 e. The third-order valence-electron chi connectivity index (χ3n) is 3.67. The summed E-state index contributed by atoms with van der Waals surface area (Å²) in [6.45, 7) is 2.98. The number of hydrogen-bond donors (Lipinski definition) is 1. The molecule has 0 unspecified atom stereocenters. The number of aromatic nitrogens is 2. The normalized spacial score (nSPS) is 15.6. The lowest BCUT2D eigenvalue weighted by molar-refractivity contribution is 0.246. The molecule has 0 bridgehead atoms. The van der Waals surface area contributed by atoms with Gasteiger partial charge in [0.1, 0.15) is 5.82 Å².